The van der Waals surface area contributed by atoms with Crippen LogP contribution in [-0.4, -0.2) is 27.5 Å². The maximum atomic E-state index is 4.71. The Morgan fingerprint density at radius 2 is 1.89 bits per heavy atom. The third kappa shape index (κ3) is 1.99. The van der Waals surface area contributed by atoms with Crippen LogP contribution in [0, 0.1) is 19.3 Å². The summed E-state index contributed by atoms with van der Waals surface area (Å²) in [4.78, 5) is 7.33. The summed E-state index contributed by atoms with van der Waals surface area (Å²) in [6.45, 7) is 7.88. The molecule has 1 aliphatic heterocycles. The summed E-state index contributed by atoms with van der Waals surface area (Å²) >= 11 is 0. The van der Waals surface area contributed by atoms with Crippen LogP contribution in [0.1, 0.15) is 49.3 Å². The van der Waals surface area contributed by atoms with Crippen LogP contribution in [0.2, 0.25) is 0 Å². The molecule has 3 nitrogen and oxygen atoms in total. The fourth-order valence-corrected chi connectivity index (χ4v) is 3.82. The molecule has 0 N–H and O–H groups in total. The molecule has 0 aromatic carbocycles. The zero-order chi connectivity index (χ0) is 12.8. The van der Waals surface area contributed by atoms with Gasteiger partial charge in [-0.2, -0.15) is 0 Å². The number of rotatable bonds is 2. The molecule has 0 amide bonds. The van der Waals surface area contributed by atoms with E-state index in [-0.39, 0.29) is 0 Å². The minimum absolute atomic E-state index is 0.676. The van der Waals surface area contributed by atoms with Crippen molar-refractivity contribution in [3.8, 4) is 0 Å². The summed E-state index contributed by atoms with van der Waals surface area (Å²) in [6.07, 6.45) is 7.24. The highest BCUT2D eigenvalue weighted by molar-refractivity contribution is 5.13. The van der Waals surface area contributed by atoms with E-state index >= 15 is 0 Å². The Morgan fingerprint density at radius 1 is 1.17 bits per heavy atom. The van der Waals surface area contributed by atoms with Crippen molar-refractivity contribution < 1.29 is 0 Å². The molecule has 1 aromatic rings. The monoisotopic (exact) mass is 247 g/mol. The van der Waals surface area contributed by atoms with E-state index in [0.717, 1.165) is 6.54 Å². The molecule has 2 heterocycles. The Bertz CT molecular complexity index is 441. The topological polar surface area (TPSA) is 21.1 Å². The van der Waals surface area contributed by atoms with Gasteiger partial charge in [0.2, 0.25) is 0 Å². The maximum absolute atomic E-state index is 4.71. The molecule has 0 radical (unpaired) electrons. The van der Waals surface area contributed by atoms with Crippen LogP contribution in [0.5, 0.6) is 0 Å². The summed E-state index contributed by atoms with van der Waals surface area (Å²) in [5, 5.41) is 0. The molecule has 0 unspecified atom stereocenters. The van der Waals surface area contributed by atoms with Gasteiger partial charge in [-0.05, 0) is 45.1 Å². The molecule has 0 bridgehead atoms. The first kappa shape index (κ1) is 12.2. The van der Waals surface area contributed by atoms with E-state index in [0.29, 0.717) is 5.41 Å². The number of hydrogen-bond donors (Lipinski definition) is 0. The van der Waals surface area contributed by atoms with Crippen LogP contribution in [0.25, 0.3) is 0 Å². The van der Waals surface area contributed by atoms with Gasteiger partial charge < -0.3 is 4.57 Å². The average molecular weight is 247 g/mol. The second-order valence-electron chi connectivity index (χ2n) is 6.43. The first-order chi connectivity index (χ1) is 8.60. The highest BCUT2D eigenvalue weighted by Crippen LogP contribution is 2.45. The smallest absolute Gasteiger partial charge is 0.123 e. The van der Waals surface area contributed by atoms with Gasteiger partial charge in [-0.1, -0.05) is 12.8 Å². The number of aromatic nitrogens is 2. The molecule has 2 fully saturated rings. The van der Waals surface area contributed by atoms with Gasteiger partial charge >= 0.3 is 0 Å². The van der Waals surface area contributed by atoms with Gasteiger partial charge in [0.05, 0.1) is 12.2 Å². The second-order valence-corrected chi connectivity index (χ2v) is 6.43. The van der Waals surface area contributed by atoms with Gasteiger partial charge in [-0.3, -0.25) is 4.90 Å². The average Bonchev–Trinajstić information content (AvgIpc) is 3.02. The molecule has 1 aromatic heterocycles. The van der Waals surface area contributed by atoms with Crippen LogP contribution >= 0.6 is 0 Å². The molecule has 1 aliphatic carbocycles. The fourth-order valence-electron chi connectivity index (χ4n) is 3.82. The molecular weight excluding hydrogens is 222 g/mol. The minimum atomic E-state index is 0.676. The van der Waals surface area contributed by atoms with Gasteiger partial charge in [-0.25, -0.2) is 4.98 Å². The fraction of sp³-hybridized carbons (Fsp3) is 0.800. The van der Waals surface area contributed by atoms with Crippen molar-refractivity contribution in [2.24, 2.45) is 12.5 Å². The Kier molecular flexibility index (Phi) is 2.97. The van der Waals surface area contributed by atoms with Crippen LogP contribution < -0.4 is 0 Å². The SMILES string of the molecule is Cc1nc(CN2CCC3(CCCC3)C2)n(C)c1C. The molecule has 1 saturated carbocycles. The number of nitrogens with zero attached hydrogens (tertiary/aromatic N) is 3. The number of likely N-dealkylation sites (tertiary alicyclic amines) is 1. The van der Waals surface area contributed by atoms with Gasteiger partial charge in [-0.15, -0.1) is 0 Å². The van der Waals surface area contributed by atoms with Crippen molar-refractivity contribution in [1.29, 1.82) is 0 Å². The predicted molar refractivity (Wildman–Crippen MR) is 73.5 cm³/mol. The first-order valence-electron chi connectivity index (χ1n) is 7.31. The lowest BCUT2D eigenvalue weighted by atomic mass is 9.86. The molecule has 3 rings (SSSR count). The molecule has 18 heavy (non-hydrogen) atoms. The van der Waals surface area contributed by atoms with Crippen molar-refractivity contribution in [3.63, 3.8) is 0 Å². The second kappa shape index (κ2) is 4.37. The van der Waals surface area contributed by atoms with Crippen molar-refractivity contribution in [2.45, 2.75) is 52.5 Å². The third-order valence-electron chi connectivity index (χ3n) is 5.26. The Balaban J connectivity index is 1.69. The van der Waals surface area contributed by atoms with E-state index in [1.165, 1.54) is 62.4 Å². The van der Waals surface area contributed by atoms with Crippen LogP contribution in [-0.2, 0) is 13.6 Å². The van der Waals surface area contributed by atoms with Crippen LogP contribution in [0.3, 0.4) is 0 Å². The van der Waals surface area contributed by atoms with E-state index in [1.807, 2.05) is 0 Å². The van der Waals surface area contributed by atoms with Crippen molar-refractivity contribution >= 4 is 0 Å². The molecule has 0 atom stereocenters. The minimum Gasteiger partial charge on any atom is -0.334 e. The first-order valence-corrected chi connectivity index (χ1v) is 7.31. The largest absolute Gasteiger partial charge is 0.334 e. The van der Waals surface area contributed by atoms with Crippen LogP contribution in [0.15, 0.2) is 0 Å². The van der Waals surface area contributed by atoms with Crippen molar-refractivity contribution in [3.05, 3.63) is 17.2 Å². The summed E-state index contributed by atoms with van der Waals surface area (Å²) in [7, 11) is 2.14. The summed E-state index contributed by atoms with van der Waals surface area (Å²) in [5.41, 5.74) is 3.16. The van der Waals surface area contributed by atoms with Crippen molar-refractivity contribution in [1.82, 2.24) is 14.5 Å². The van der Waals surface area contributed by atoms with Crippen molar-refractivity contribution in [2.75, 3.05) is 13.1 Å². The summed E-state index contributed by atoms with van der Waals surface area (Å²) in [5.74, 6) is 1.24. The molecule has 1 saturated heterocycles. The summed E-state index contributed by atoms with van der Waals surface area (Å²) in [6, 6.07) is 0. The molecule has 3 heteroatoms. The van der Waals surface area contributed by atoms with E-state index in [2.05, 4.69) is 30.4 Å². The standard InChI is InChI=1S/C15H25N3/c1-12-13(2)17(3)14(16-12)10-18-9-8-15(11-18)6-4-5-7-15/h4-11H2,1-3H3. The lowest BCUT2D eigenvalue weighted by Gasteiger charge is -2.23. The van der Waals surface area contributed by atoms with E-state index in [9.17, 15) is 0 Å². The number of imidazole rings is 1. The lowest BCUT2D eigenvalue weighted by Crippen LogP contribution is -2.26. The third-order valence-corrected chi connectivity index (χ3v) is 5.26. The van der Waals surface area contributed by atoms with Gasteiger partial charge in [0.25, 0.3) is 0 Å². The molecule has 1 spiro atoms. The highest BCUT2D eigenvalue weighted by Gasteiger charge is 2.40. The van der Waals surface area contributed by atoms with Crippen LogP contribution in [0.4, 0.5) is 0 Å². The number of aryl methyl sites for hydroxylation is 1. The van der Waals surface area contributed by atoms with E-state index in [4.69, 9.17) is 4.98 Å². The quantitative estimate of drug-likeness (QED) is 0.801. The number of hydrogen-bond acceptors (Lipinski definition) is 2. The predicted octanol–water partition coefficient (Wildman–Crippen LogP) is 2.80. The van der Waals surface area contributed by atoms with E-state index < -0.39 is 0 Å². The highest BCUT2D eigenvalue weighted by atomic mass is 15.2. The zero-order valence-electron chi connectivity index (χ0n) is 12.0. The Hall–Kier alpha value is -0.830. The summed E-state index contributed by atoms with van der Waals surface area (Å²) < 4.78 is 2.26. The van der Waals surface area contributed by atoms with Gasteiger partial charge in [0, 0.05) is 19.3 Å². The van der Waals surface area contributed by atoms with E-state index in [1.54, 1.807) is 0 Å². The Morgan fingerprint density at radius 3 is 2.50 bits per heavy atom. The zero-order valence-corrected chi connectivity index (χ0v) is 12.0. The maximum Gasteiger partial charge on any atom is 0.123 e. The normalized spacial score (nSPS) is 23.3. The molecule has 2 aliphatic rings. The molecular formula is C15H25N3. The molecule has 100 valence electrons. The van der Waals surface area contributed by atoms with Gasteiger partial charge in [0.15, 0.2) is 0 Å². The lowest BCUT2D eigenvalue weighted by molar-refractivity contribution is 0.250. The van der Waals surface area contributed by atoms with Gasteiger partial charge in [0.1, 0.15) is 5.82 Å². The Labute approximate surface area is 110 Å².